The number of para-hydroxylation sites is 1. The topological polar surface area (TPSA) is 79.4 Å². The first-order valence-electron chi connectivity index (χ1n) is 9.23. The number of carbonyl (C=O) groups excluding carboxylic acids is 1. The van der Waals surface area contributed by atoms with Crippen LogP contribution >= 0.6 is 11.8 Å². The van der Waals surface area contributed by atoms with E-state index in [9.17, 15) is 4.79 Å². The van der Waals surface area contributed by atoms with E-state index in [2.05, 4.69) is 20.6 Å². The minimum Gasteiger partial charge on any atom is -0.443 e. The number of amides is 1. The van der Waals surface area contributed by atoms with E-state index in [1.807, 2.05) is 64.5 Å². The number of benzene rings is 1. The molecule has 1 atom stereocenters. The average Bonchev–Trinajstić information content (AvgIpc) is 3.04. The predicted molar refractivity (Wildman–Crippen MR) is 113 cm³/mol. The van der Waals surface area contributed by atoms with Crippen molar-refractivity contribution < 1.29 is 9.53 Å². The molecule has 0 aliphatic carbocycles. The molecule has 1 aromatic heterocycles. The molecule has 1 aromatic carbocycles. The van der Waals surface area contributed by atoms with Crippen molar-refractivity contribution in [3.63, 3.8) is 0 Å². The van der Waals surface area contributed by atoms with Crippen LogP contribution in [0.25, 0.3) is 0 Å². The molecule has 0 spiro atoms. The summed E-state index contributed by atoms with van der Waals surface area (Å²) in [6, 6.07) is 7.93. The number of hydrogen-bond donors (Lipinski definition) is 2. The molecule has 0 saturated carbocycles. The Morgan fingerprint density at radius 1 is 1.36 bits per heavy atom. The first kappa shape index (κ1) is 20.4. The van der Waals surface area contributed by atoms with Gasteiger partial charge in [0.25, 0.3) is 0 Å². The minimum atomic E-state index is -0.532. The third kappa shape index (κ3) is 4.56. The van der Waals surface area contributed by atoms with E-state index in [1.54, 1.807) is 4.90 Å². The normalized spacial score (nSPS) is 16.0. The fraction of sp³-hybridized carbons (Fsp3) is 0.450. The average molecular weight is 402 g/mol. The number of thioether (sulfide) groups is 1. The van der Waals surface area contributed by atoms with E-state index in [0.717, 1.165) is 27.8 Å². The minimum absolute atomic E-state index is 0.00801. The van der Waals surface area contributed by atoms with E-state index in [0.29, 0.717) is 13.1 Å². The maximum Gasteiger partial charge on any atom is 0.414 e. The van der Waals surface area contributed by atoms with Gasteiger partial charge < -0.3 is 15.4 Å². The fourth-order valence-corrected chi connectivity index (χ4v) is 3.48. The summed E-state index contributed by atoms with van der Waals surface area (Å²) in [6.07, 6.45) is 3.46. The van der Waals surface area contributed by atoms with Gasteiger partial charge in [0.15, 0.2) is 5.16 Å². The summed E-state index contributed by atoms with van der Waals surface area (Å²) in [7, 11) is 1.85. The summed E-state index contributed by atoms with van der Waals surface area (Å²) in [4.78, 5) is 23.2. The van der Waals surface area contributed by atoms with E-state index < -0.39 is 5.60 Å². The predicted octanol–water partition coefficient (Wildman–Crippen LogP) is 3.83. The number of hydrogen-bond acceptors (Lipinski definition) is 7. The molecule has 28 heavy (non-hydrogen) atoms. The Kier molecular flexibility index (Phi) is 6.10. The monoisotopic (exact) mass is 401 g/mol. The number of fused-ring (bicyclic) bond motifs is 1. The van der Waals surface area contributed by atoms with Gasteiger partial charge in [-0.3, -0.25) is 4.90 Å². The highest BCUT2D eigenvalue weighted by atomic mass is 32.2. The highest BCUT2D eigenvalue weighted by Gasteiger charge is 2.34. The zero-order valence-electron chi connectivity index (χ0n) is 16.9. The van der Waals surface area contributed by atoms with Gasteiger partial charge in [0, 0.05) is 31.9 Å². The van der Waals surface area contributed by atoms with Crippen molar-refractivity contribution in [2.45, 2.75) is 44.1 Å². The molecule has 7 nitrogen and oxygen atoms in total. The molecule has 1 aliphatic heterocycles. The van der Waals surface area contributed by atoms with Crippen LogP contribution in [0.4, 0.5) is 16.3 Å². The van der Waals surface area contributed by atoms with E-state index in [4.69, 9.17) is 4.74 Å². The molecule has 0 fully saturated rings. The summed E-state index contributed by atoms with van der Waals surface area (Å²) in [6.45, 7) is 6.74. The second kappa shape index (κ2) is 8.36. The molecule has 0 bridgehead atoms. The van der Waals surface area contributed by atoms with Crippen molar-refractivity contribution in [3.8, 4) is 0 Å². The van der Waals surface area contributed by atoms with Crippen molar-refractivity contribution in [2.75, 3.05) is 30.1 Å². The van der Waals surface area contributed by atoms with Crippen LogP contribution in [0.15, 0.2) is 35.6 Å². The van der Waals surface area contributed by atoms with Crippen molar-refractivity contribution in [1.29, 1.82) is 0 Å². The number of anilines is 2. The lowest BCUT2D eigenvalue weighted by atomic mass is 10.1. The smallest absolute Gasteiger partial charge is 0.414 e. The molecule has 2 heterocycles. The fourth-order valence-electron chi connectivity index (χ4n) is 3.14. The first-order valence-corrected chi connectivity index (χ1v) is 10.5. The molecule has 1 aliphatic rings. The number of nitrogens with zero attached hydrogens (tertiary/aromatic N) is 3. The van der Waals surface area contributed by atoms with E-state index in [-0.39, 0.29) is 12.1 Å². The molecule has 2 N–H and O–H groups in total. The van der Waals surface area contributed by atoms with Crippen LogP contribution in [0, 0.1) is 0 Å². The highest BCUT2D eigenvalue weighted by Crippen LogP contribution is 2.35. The maximum atomic E-state index is 12.7. The molecular formula is C20H27N5O2S. The van der Waals surface area contributed by atoms with E-state index >= 15 is 0 Å². The second-order valence-electron chi connectivity index (χ2n) is 7.56. The van der Waals surface area contributed by atoms with E-state index in [1.165, 1.54) is 11.8 Å². The van der Waals surface area contributed by atoms with Gasteiger partial charge >= 0.3 is 6.09 Å². The lowest BCUT2D eigenvalue weighted by molar-refractivity contribution is 0.0581. The van der Waals surface area contributed by atoms with Gasteiger partial charge in [0.2, 0.25) is 0 Å². The Balaban J connectivity index is 1.76. The third-order valence-corrected chi connectivity index (χ3v) is 4.94. The van der Waals surface area contributed by atoms with Crippen LogP contribution in [-0.2, 0) is 11.3 Å². The number of carbonyl (C=O) groups is 1. The zero-order valence-corrected chi connectivity index (χ0v) is 17.8. The van der Waals surface area contributed by atoms with Crippen LogP contribution in [-0.4, -0.2) is 41.5 Å². The van der Waals surface area contributed by atoms with Gasteiger partial charge in [0.05, 0.1) is 11.7 Å². The lowest BCUT2D eigenvalue weighted by Gasteiger charge is -2.25. The van der Waals surface area contributed by atoms with Crippen molar-refractivity contribution in [2.24, 2.45) is 0 Å². The first-order chi connectivity index (χ1) is 13.3. The van der Waals surface area contributed by atoms with Crippen molar-refractivity contribution >= 4 is 29.4 Å². The van der Waals surface area contributed by atoms with Crippen LogP contribution < -0.4 is 15.5 Å². The number of rotatable bonds is 5. The van der Waals surface area contributed by atoms with Crippen molar-refractivity contribution in [3.05, 3.63) is 41.6 Å². The summed E-state index contributed by atoms with van der Waals surface area (Å²) in [5, 5.41) is 7.40. The molecule has 2 aromatic rings. The van der Waals surface area contributed by atoms with Crippen LogP contribution in [0.2, 0.25) is 0 Å². The van der Waals surface area contributed by atoms with Gasteiger partial charge in [0.1, 0.15) is 11.4 Å². The third-order valence-electron chi connectivity index (χ3n) is 4.38. The molecular weight excluding hydrogens is 374 g/mol. The van der Waals surface area contributed by atoms with Gasteiger partial charge in [-0.25, -0.2) is 14.8 Å². The number of aromatic nitrogens is 2. The molecule has 8 heteroatoms. The van der Waals surface area contributed by atoms with Crippen LogP contribution in [0.3, 0.4) is 0 Å². The van der Waals surface area contributed by atoms with Gasteiger partial charge in [-0.05, 0) is 38.7 Å². The summed E-state index contributed by atoms with van der Waals surface area (Å²) in [5.74, 6) is 0.808. The molecule has 1 amide bonds. The molecule has 0 saturated heterocycles. The number of ether oxygens (including phenoxy) is 1. The Hall–Kier alpha value is -2.32. The molecule has 150 valence electrons. The van der Waals surface area contributed by atoms with Crippen LogP contribution in [0.1, 0.15) is 37.9 Å². The quantitative estimate of drug-likeness (QED) is 0.582. The van der Waals surface area contributed by atoms with Gasteiger partial charge in [-0.2, -0.15) is 0 Å². The largest absolute Gasteiger partial charge is 0.443 e. The Morgan fingerprint density at radius 3 is 2.79 bits per heavy atom. The Labute approximate surface area is 170 Å². The summed E-state index contributed by atoms with van der Waals surface area (Å²) in [5.41, 5.74) is 2.42. The van der Waals surface area contributed by atoms with Gasteiger partial charge in [-0.15, -0.1) is 0 Å². The maximum absolute atomic E-state index is 12.7. The molecule has 1 unspecified atom stereocenters. The van der Waals surface area contributed by atoms with Crippen molar-refractivity contribution in [1.82, 2.24) is 15.3 Å². The molecule has 0 radical (unpaired) electrons. The Bertz CT molecular complexity index is 853. The standard InChI is InChI=1S/C20H27N5O2S/c1-20(2,3)27-19(26)25-12-15(14-8-6-7-9-16(14)25)22-10-13-11-23-18(28-5)24-17(13)21-4/h6-9,11,15,22H,10,12H2,1-5H3,(H,21,23,24). The summed E-state index contributed by atoms with van der Waals surface area (Å²) >= 11 is 1.51. The van der Waals surface area contributed by atoms with Gasteiger partial charge in [-0.1, -0.05) is 30.0 Å². The highest BCUT2D eigenvalue weighted by molar-refractivity contribution is 7.98. The zero-order chi connectivity index (χ0) is 20.3. The molecule has 3 rings (SSSR count). The lowest BCUT2D eigenvalue weighted by Crippen LogP contribution is -2.37. The Morgan fingerprint density at radius 2 is 2.11 bits per heavy atom. The number of nitrogens with one attached hydrogen (secondary N) is 2. The van der Waals surface area contributed by atoms with Crippen LogP contribution in [0.5, 0.6) is 0 Å². The summed E-state index contributed by atoms with van der Waals surface area (Å²) < 4.78 is 5.58. The second-order valence-corrected chi connectivity index (χ2v) is 8.34. The SMILES string of the molecule is CNc1nc(SC)ncc1CNC1CN(C(=O)OC(C)(C)C)c2ccccc21.